The predicted octanol–water partition coefficient (Wildman–Crippen LogP) is -0.00550. The Morgan fingerprint density at radius 1 is 1.30 bits per heavy atom. The third-order valence-corrected chi connectivity index (χ3v) is 1.66. The van der Waals surface area contributed by atoms with Crippen LogP contribution in [0.1, 0.15) is 0 Å². The second-order valence-electron chi connectivity index (χ2n) is 2.85. The summed E-state index contributed by atoms with van der Waals surface area (Å²) in [5.41, 5.74) is 0. The maximum absolute atomic E-state index is 9.41. The van der Waals surface area contributed by atoms with E-state index in [0.717, 1.165) is 0 Å². The molecule has 0 spiro atoms. The van der Waals surface area contributed by atoms with E-state index in [0.29, 0.717) is 6.54 Å². The number of likely N-dealkylation sites (N-methyl/N-ethyl adjacent to an activating group) is 2. The first-order valence-electron chi connectivity index (χ1n) is 3.09. The largest absolute Gasteiger partial charge is 0.362 e. The number of hydrogen-bond acceptors (Lipinski definition) is 3. The zero-order chi connectivity index (χ0) is 8.36. The van der Waals surface area contributed by atoms with Gasteiger partial charge in [-0.15, -0.1) is 0 Å². The van der Waals surface area contributed by atoms with Crippen molar-refractivity contribution in [3.63, 3.8) is 0 Å². The average Bonchev–Trinajstić information content (AvgIpc) is 1.60. The van der Waals surface area contributed by atoms with E-state index in [-0.39, 0.29) is 0 Å². The normalized spacial score (nSPS) is 18.0. The van der Waals surface area contributed by atoms with Gasteiger partial charge < -0.3 is 10.0 Å². The van der Waals surface area contributed by atoms with Crippen molar-refractivity contribution in [3.05, 3.63) is 0 Å². The van der Waals surface area contributed by atoms with Crippen molar-refractivity contribution in [2.45, 2.75) is 5.18 Å². The summed E-state index contributed by atoms with van der Waals surface area (Å²) >= 11 is 5.71. The Balaban J connectivity index is 3.87. The van der Waals surface area contributed by atoms with Crippen molar-refractivity contribution in [1.29, 1.82) is 0 Å². The molecule has 1 N–H and O–H groups in total. The Morgan fingerprint density at radius 2 is 1.70 bits per heavy atom. The molecule has 1 unspecified atom stereocenters. The summed E-state index contributed by atoms with van der Waals surface area (Å²) in [5.74, 6) is 0. The zero-order valence-corrected chi connectivity index (χ0v) is 7.68. The fraction of sp³-hybridized carbons (Fsp3) is 1.00. The third kappa shape index (κ3) is 3.37. The van der Waals surface area contributed by atoms with Gasteiger partial charge in [-0.3, -0.25) is 4.90 Å². The first-order valence-corrected chi connectivity index (χ1v) is 3.47. The van der Waals surface area contributed by atoms with Gasteiger partial charge in [0.1, 0.15) is 0 Å². The standard InChI is InChI=1S/C6H15ClN2O/c1-8(2)5-6(7,10)9(3)4/h10H,5H2,1-4H3. The molecule has 0 amide bonds. The van der Waals surface area contributed by atoms with Crippen LogP contribution >= 0.6 is 11.6 Å². The first-order chi connectivity index (χ1) is 4.36. The molecule has 0 aromatic carbocycles. The van der Waals surface area contributed by atoms with Crippen molar-refractivity contribution in [2.75, 3.05) is 34.7 Å². The number of alkyl halides is 1. The Morgan fingerprint density at radius 3 is 1.80 bits per heavy atom. The molecule has 0 bridgehead atoms. The van der Waals surface area contributed by atoms with Crippen LogP contribution in [0.4, 0.5) is 0 Å². The van der Waals surface area contributed by atoms with Crippen LogP contribution in [0.3, 0.4) is 0 Å². The van der Waals surface area contributed by atoms with E-state index in [9.17, 15) is 5.11 Å². The molecule has 0 heterocycles. The molecule has 0 saturated carbocycles. The smallest absolute Gasteiger partial charge is 0.208 e. The van der Waals surface area contributed by atoms with Gasteiger partial charge in [0.25, 0.3) is 0 Å². The number of hydrogen-bond donors (Lipinski definition) is 1. The van der Waals surface area contributed by atoms with Crippen LogP contribution in [-0.4, -0.2) is 54.8 Å². The molecule has 0 rings (SSSR count). The minimum absolute atomic E-state index is 0.418. The van der Waals surface area contributed by atoms with Crippen LogP contribution in [-0.2, 0) is 0 Å². The van der Waals surface area contributed by atoms with Gasteiger partial charge in [-0.2, -0.15) is 0 Å². The van der Waals surface area contributed by atoms with Crippen molar-refractivity contribution in [1.82, 2.24) is 9.80 Å². The quantitative estimate of drug-likeness (QED) is 0.363. The highest BCUT2D eigenvalue weighted by Crippen LogP contribution is 2.13. The van der Waals surface area contributed by atoms with E-state index in [1.807, 2.05) is 19.0 Å². The molecule has 0 fully saturated rings. The highest BCUT2D eigenvalue weighted by Gasteiger charge is 2.26. The maximum Gasteiger partial charge on any atom is 0.208 e. The molecule has 4 heteroatoms. The number of rotatable bonds is 3. The summed E-state index contributed by atoms with van der Waals surface area (Å²) in [5, 5.41) is 8.17. The van der Waals surface area contributed by atoms with Gasteiger partial charge in [-0.05, 0) is 28.2 Å². The van der Waals surface area contributed by atoms with Crippen LogP contribution in [0.15, 0.2) is 0 Å². The van der Waals surface area contributed by atoms with Crippen molar-refractivity contribution in [3.8, 4) is 0 Å². The van der Waals surface area contributed by atoms with Crippen LogP contribution in [0.25, 0.3) is 0 Å². The second-order valence-corrected chi connectivity index (χ2v) is 3.46. The van der Waals surface area contributed by atoms with Gasteiger partial charge >= 0.3 is 0 Å². The summed E-state index contributed by atoms with van der Waals surface area (Å²) < 4.78 is 0. The van der Waals surface area contributed by atoms with E-state index in [1.54, 1.807) is 19.0 Å². The maximum atomic E-state index is 9.41. The Hall–Kier alpha value is 0.170. The van der Waals surface area contributed by atoms with Gasteiger partial charge in [-0.25, -0.2) is 0 Å². The van der Waals surface area contributed by atoms with Crippen LogP contribution < -0.4 is 0 Å². The van der Waals surface area contributed by atoms with Crippen molar-refractivity contribution < 1.29 is 5.11 Å². The van der Waals surface area contributed by atoms with E-state index in [2.05, 4.69) is 0 Å². The number of halogens is 1. The van der Waals surface area contributed by atoms with Crippen LogP contribution in [0.5, 0.6) is 0 Å². The van der Waals surface area contributed by atoms with E-state index in [4.69, 9.17) is 11.6 Å². The lowest BCUT2D eigenvalue weighted by Gasteiger charge is -2.30. The summed E-state index contributed by atoms with van der Waals surface area (Å²) in [6.45, 7) is 0.418. The summed E-state index contributed by atoms with van der Waals surface area (Å²) in [4.78, 5) is 3.39. The van der Waals surface area contributed by atoms with Gasteiger partial charge in [-0.1, -0.05) is 11.6 Å². The van der Waals surface area contributed by atoms with E-state index >= 15 is 0 Å². The Kier molecular flexibility index (Phi) is 3.59. The molecular weight excluding hydrogens is 152 g/mol. The minimum atomic E-state index is -1.25. The predicted molar refractivity (Wildman–Crippen MR) is 43.0 cm³/mol. The summed E-state index contributed by atoms with van der Waals surface area (Å²) in [6.07, 6.45) is 0. The molecule has 1 atom stereocenters. The minimum Gasteiger partial charge on any atom is -0.362 e. The Labute approximate surface area is 67.2 Å². The molecule has 0 aromatic heterocycles. The topological polar surface area (TPSA) is 26.7 Å². The summed E-state index contributed by atoms with van der Waals surface area (Å²) in [7, 11) is 7.18. The highest BCUT2D eigenvalue weighted by molar-refractivity contribution is 6.22. The van der Waals surface area contributed by atoms with Crippen molar-refractivity contribution in [2.24, 2.45) is 0 Å². The van der Waals surface area contributed by atoms with Gasteiger partial charge in [0, 0.05) is 0 Å². The second kappa shape index (κ2) is 3.53. The molecule has 3 nitrogen and oxygen atoms in total. The lowest BCUT2D eigenvalue weighted by Crippen LogP contribution is -2.46. The zero-order valence-electron chi connectivity index (χ0n) is 6.93. The highest BCUT2D eigenvalue weighted by atomic mass is 35.5. The molecule has 62 valence electrons. The molecular formula is C6H15ClN2O. The van der Waals surface area contributed by atoms with E-state index < -0.39 is 5.18 Å². The molecule has 0 aliphatic heterocycles. The average molecular weight is 167 g/mol. The SMILES string of the molecule is CN(C)CC(O)(Cl)N(C)C. The molecule has 0 aliphatic carbocycles. The monoisotopic (exact) mass is 166 g/mol. The Bertz CT molecular complexity index is 104. The fourth-order valence-corrected chi connectivity index (χ4v) is 0.783. The molecule has 0 radical (unpaired) electrons. The number of aliphatic hydroxyl groups is 1. The van der Waals surface area contributed by atoms with Crippen molar-refractivity contribution >= 4 is 11.6 Å². The molecule has 0 aliphatic rings. The van der Waals surface area contributed by atoms with Gasteiger partial charge in [0.15, 0.2) is 0 Å². The summed E-state index contributed by atoms with van der Waals surface area (Å²) in [6, 6.07) is 0. The van der Waals surface area contributed by atoms with Crippen LogP contribution in [0, 0.1) is 0 Å². The molecule has 0 saturated heterocycles. The van der Waals surface area contributed by atoms with Crippen LogP contribution in [0.2, 0.25) is 0 Å². The molecule has 0 aromatic rings. The lowest BCUT2D eigenvalue weighted by atomic mass is 10.5. The molecule has 10 heavy (non-hydrogen) atoms. The lowest BCUT2D eigenvalue weighted by molar-refractivity contribution is -0.0217. The van der Waals surface area contributed by atoms with Gasteiger partial charge in [0.05, 0.1) is 6.54 Å². The van der Waals surface area contributed by atoms with Gasteiger partial charge in [0.2, 0.25) is 5.18 Å². The number of nitrogens with zero attached hydrogens (tertiary/aromatic N) is 2. The van der Waals surface area contributed by atoms with E-state index in [1.165, 1.54) is 0 Å². The fourth-order valence-electron chi connectivity index (χ4n) is 0.544. The first kappa shape index (κ1) is 10.2. The third-order valence-electron chi connectivity index (χ3n) is 1.20.